The van der Waals surface area contributed by atoms with E-state index in [0.717, 1.165) is 50.0 Å². The Morgan fingerprint density at radius 3 is 2.35 bits per heavy atom. The van der Waals surface area contributed by atoms with Gasteiger partial charge < -0.3 is 15.6 Å². The summed E-state index contributed by atoms with van der Waals surface area (Å²) < 4.78 is 5.75. The van der Waals surface area contributed by atoms with Crippen molar-refractivity contribution in [2.75, 3.05) is 38.6 Å². The number of aliphatic hydroxyl groups excluding tert-OH is 1. The van der Waals surface area contributed by atoms with Gasteiger partial charge in [0.1, 0.15) is 0 Å². The fraction of sp³-hybridized carbons (Fsp3) is 0.379. The van der Waals surface area contributed by atoms with Crippen LogP contribution in [0.25, 0.3) is 0 Å². The van der Waals surface area contributed by atoms with E-state index in [1.54, 1.807) is 18.3 Å². The molecule has 3 rings (SSSR count). The lowest BCUT2D eigenvalue weighted by Crippen LogP contribution is -2.36. The number of pyridine rings is 1. The first-order valence-electron chi connectivity index (χ1n) is 12.6. The predicted molar refractivity (Wildman–Crippen MR) is 150 cm³/mol. The molecule has 1 heterocycles. The van der Waals surface area contributed by atoms with E-state index in [-0.39, 0.29) is 40.7 Å². The molecule has 3 N–H and O–H groups in total. The number of anilines is 1. The van der Waals surface area contributed by atoms with Gasteiger partial charge in [0.25, 0.3) is 0 Å². The molecular weight excluding hydrogens is 509 g/mol. The van der Waals surface area contributed by atoms with Crippen molar-refractivity contribution >= 4 is 34.7 Å². The predicted octanol–water partition coefficient (Wildman–Crippen LogP) is 6.01. The third-order valence-corrected chi connectivity index (χ3v) is 6.88. The molecule has 0 aliphatic heterocycles. The number of ether oxygens (including phenoxy) is 1. The highest BCUT2D eigenvalue weighted by atomic mass is 35.5. The Kier molecular flexibility index (Phi) is 12.3. The number of carbonyl (C=O) groups is 1. The molecule has 8 heteroatoms. The van der Waals surface area contributed by atoms with E-state index in [9.17, 15) is 9.90 Å². The SMILES string of the molecule is Nc1c(Cl)cc(C(=O)CN(CCCCCCOCCc2ccccn2)[C@@H](CO)c2ccccc2)cc1Cl. The maximum Gasteiger partial charge on any atom is 0.176 e. The molecule has 3 aromatic rings. The van der Waals surface area contributed by atoms with Crippen LogP contribution in [0.5, 0.6) is 0 Å². The molecule has 0 fully saturated rings. The van der Waals surface area contributed by atoms with Crippen LogP contribution in [0, 0.1) is 0 Å². The number of nitrogen functional groups attached to an aromatic ring is 1. The number of rotatable bonds is 16. The third kappa shape index (κ3) is 9.40. The summed E-state index contributed by atoms with van der Waals surface area (Å²) >= 11 is 12.3. The first-order chi connectivity index (χ1) is 18.0. The van der Waals surface area contributed by atoms with Gasteiger partial charge in [-0.25, -0.2) is 0 Å². The van der Waals surface area contributed by atoms with Gasteiger partial charge in [-0.2, -0.15) is 0 Å². The van der Waals surface area contributed by atoms with E-state index < -0.39 is 0 Å². The second-order valence-electron chi connectivity index (χ2n) is 8.95. The van der Waals surface area contributed by atoms with Crippen LogP contribution in [0.1, 0.15) is 53.3 Å². The number of nitrogens with two attached hydrogens (primary N) is 1. The van der Waals surface area contributed by atoms with Crippen molar-refractivity contribution in [3.63, 3.8) is 0 Å². The first kappa shape index (κ1) is 29.1. The van der Waals surface area contributed by atoms with Gasteiger partial charge in [0, 0.05) is 30.5 Å². The van der Waals surface area contributed by atoms with Gasteiger partial charge in [-0.05, 0) is 49.2 Å². The zero-order valence-corrected chi connectivity index (χ0v) is 22.5. The molecule has 0 saturated carbocycles. The van der Waals surface area contributed by atoms with Gasteiger partial charge >= 0.3 is 0 Å². The van der Waals surface area contributed by atoms with Crippen LogP contribution in [0.4, 0.5) is 5.69 Å². The van der Waals surface area contributed by atoms with Crippen molar-refractivity contribution in [1.29, 1.82) is 0 Å². The average molecular weight is 545 g/mol. The molecule has 37 heavy (non-hydrogen) atoms. The van der Waals surface area contributed by atoms with Crippen molar-refractivity contribution in [1.82, 2.24) is 9.88 Å². The Bertz CT molecular complexity index is 1080. The molecule has 0 aliphatic carbocycles. The fourth-order valence-corrected chi connectivity index (χ4v) is 4.66. The molecule has 0 aliphatic rings. The minimum absolute atomic E-state index is 0.0926. The van der Waals surface area contributed by atoms with Crippen LogP contribution in [0.3, 0.4) is 0 Å². The molecular formula is C29H35Cl2N3O3. The number of benzene rings is 2. The lowest BCUT2D eigenvalue weighted by atomic mass is 10.0. The monoisotopic (exact) mass is 543 g/mol. The van der Waals surface area contributed by atoms with Crippen molar-refractivity contribution in [3.05, 3.63) is 93.7 Å². The minimum atomic E-state index is -0.292. The standard InChI is InChI=1S/C29H35Cl2N3O3/c30-25-18-23(19-26(31)29(25)32)28(36)20-34(27(21-35)22-10-4-3-5-11-22)15-8-1-2-9-16-37-17-13-24-12-6-7-14-33-24/h3-7,10-12,14,18-19,27,35H,1-2,8-9,13,15-17,20-21,32H2/t27-/m0/s1. The average Bonchev–Trinajstić information content (AvgIpc) is 2.91. The highest BCUT2D eigenvalue weighted by Crippen LogP contribution is 2.29. The molecule has 1 atom stereocenters. The van der Waals surface area contributed by atoms with E-state index in [0.29, 0.717) is 18.7 Å². The lowest BCUT2D eigenvalue weighted by Gasteiger charge is -2.30. The van der Waals surface area contributed by atoms with Crippen LogP contribution in [-0.2, 0) is 11.2 Å². The van der Waals surface area contributed by atoms with Gasteiger partial charge in [-0.15, -0.1) is 0 Å². The smallest absolute Gasteiger partial charge is 0.176 e. The molecule has 6 nitrogen and oxygen atoms in total. The minimum Gasteiger partial charge on any atom is -0.396 e. The number of unbranched alkanes of at least 4 members (excludes halogenated alkanes) is 3. The van der Waals surface area contributed by atoms with Gasteiger partial charge in [-0.3, -0.25) is 14.7 Å². The number of nitrogens with zero attached hydrogens (tertiary/aromatic N) is 2. The Morgan fingerprint density at radius 1 is 0.973 bits per heavy atom. The zero-order chi connectivity index (χ0) is 26.5. The summed E-state index contributed by atoms with van der Waals surface area (Å²) in [4.78, 5) is 19.5. The van der Waals surface area contributed by atoms with Crippen LogP contribution < -0.4 is 5.73 Å². The number of ketones is 1. The summed E-state index contributed by atoms with van der Waals surface area (Å²) in [5.41, 5.74) is 8.49. The largest absolute Gasteiger partial charge is 0.396 e. The van der Waals surface area contributed by atoms with Gasteiger partial charge in [0.2, 0.25) is 0 Å². The summed E-state index contributed by atoms with van der Waals surface area (Å²) in [6.07, 6.45) is 6.52. The van der Waals surface area contributed by atoms with Crippen LogP contribution in [0.15, 0.2) is 66.9 Å². The molecule has 0 unspecified atom stereocenters. The van der Waals surface area contributed by atoms with E-state index in [1.165, 1.54) is 0 Å². The fourth-order valence-electron chi connectivity index (χ4n) is 4.17. The Labute approximate surface area is 229 Å². The molecule has 0 amide bonds. The molecule has 0 saturated heterocycles. The zero-order valence-electron chi connectivity index (χ0n) is 21.0. The number of halogens is 2. The van der Waals surface area contributed by atoms with Crippen LogP contribution in [-0.4, -0.2) is 53.7 Å². The topological polar surface area (TPSA) is 88.7 Å². The molecule has 2 aromatic carbocycles. The van der Waals surface area contributed by atoms with Gasteiger partial charge in [0.15, 0.2) is 5.78 Å². The van der Waals surface area contributed by atoms with Crippen molar-refractivity contribution in [2.45, 2.75) is 38.1 Å². The van der Waals surface area contributed by atoms with Crippen molar-refractivity contribution < 1.29 is 14.6 Å². The number of aromatic nitrogens is 1. The number of Topliss-reactive ketones (excluding diaryl/α,β-unsaturated/α-hetero) is 1. The number of hydrogen-bond acceptors (Lipinski definition) is 6. The molecule has 0 bridgehead atoms. The normalized spacial score (nSPS) is 12.1. The van der Waals surface area contributed by atoms with Gasteiger partial charge in [-0.1, -0.05) is 72.4 Å². The summed E-state index contributed by atoms with van der Waals surface area (Å²) in [6, 6.07) is 18.5. The molecule has 198 valence electrons. The van der Waals surface area contributed by atoms with Crippen LogP contribution >= 0.6 is 23.2 Å². The highest BCUT2D eigenvalue weighted by molar-refractivity contribution is 6.39. The summed E-state index contributed by atoms with van der Waals surface area (Å²) in [5, 5.41) is 10.7. The van der Waals surface area contributed by atoms with E-state index in [1.807, 2.05) is 53.4 Å². The second-order valence-corrected chi connectivity index (χ2v) is 9.77. The van der Waals surface area contributed by atoms with E-state index in [4.69, 9.17) is 33.7 Å². The Balaban J connectivity index is 1.50. The highest BCUT2D eigenvalue weighted by Gasteiger charge is 2.23. The Morgan fingerprint density at radius 2 is 1.68 bits per heavy atom. The van der Waals surface area contributed by atoms with E-state index in [2.05, 4.69) is 4.98 Å². The second kappa shape index (κ2) is 15.7. The van der Waals surface area contributed by atoms with Gasteiger partial charge in [0.05, 0.1) is 41.5 Å². The summed E-state index contributed by atoms with van der Waals surface area (Å²) in [5.74, 6) is -0.125. The van der Waals surface area contributed by atoms with Crippen molar-refractivity contribution in [3.8, 4) is 0 Å². The molecule has 0 radical (unpaired) electrons. The van der Waals surface area contributed by atoms with Crippen LogP contribution in [0.2, 0.25) is 10.0 Å². The quantitative estimate of drug-likeness (QED) is 0.131. The third-order valence-electron chi connectivity index (χ3n) is 6.26. The first-order valence-corrected chi connectivity index (χ1v) is 13.4. The Hall–Kier alpha value is -2.48. The van der Waals surface area contributed by atoms with Crippen molar-refractivity contribution in [2.24, 2.45) is 0 Å². The maximum absolute atomic E-state index is 13.2. The van der Waals surface area contributed by atoms with E-state index >= 15 is 0 Å². The maximum atomic E-state index is 13.2. The number of aliphatic hydroxyl groups is 1. The lowest BCUT2D eigenvalue weighted by molar-refractivity contribution is 0.0812. The molecule has 1 aromatic heterocycles. The number of hydrogen-bond donors (Lipinski definition) is 2. The number of carbonyl (C=O) groups excluding carboxylic acids is 1. The summed E-state index contributed by atoms with van der Waals surface area (Å²) in [7, 11) is 0. The summed E-state index contributed by atoms with van der Waals surface area (Å²) in [6.45, 7) is 2.10. The molecule has 0 spiro atoms.